The van der Waals surface area contributed by atoms with Crippen molar-refractivity contribution in [1.82, 2.24) is 4.90 Å². The molecule has 3 nitrogen and oxygen atoms in total. The lowest BCUT2D eigenvalue weighted by Crippen LogP contribution is -2.33. The third-order valence-corrected chi connectivity index (χ3v) is 4.67. The van der Waals surface area contributed by atoms with Gasteiger partial charge < -0.3 is 0 Å². The molecule has 0 aromatic heterocycles. The minimum atomic E-state index is -0.244. The molecule has 0 unspecified atom stereocenters. The van der Waals surface area contributed by atoms with Crippen molar-refractivity contribution in [3.63, 3.8) is 0 Å². The molecule has 0 radical (unpaired) electrons. The van der Waals surface area contributed by atoms with Crippen molar-refractivity contribution in [2.45, 2.75) is 44.8 Å². The van der Waals surface area contributed by atoms with Crippen molar-refractivity contribution in [2.75, 3.05) is 6.54 Å². The molecule has 4 heteroatoms. The number of hydrogen-bond donors (Lipinski definition) is 0. The predicted molar refractivity (Wildman–Crippen MR) is 82.9 cm³/mol. The number of imide groups is 1. The zero-order chi connectivity index (χ0) is 14.5. The van der Waals surface area contributed by atoms with Gasteiger partial charge in [0, 0.05) is 6.54 Å². The maximum Gasteiger partial charge on any atom is 0.289 e. The lowest BCUT2D eigenvalue weighted by molar-refractivity contribution is -0.126. The van der Waals surface area contributed by atoms with Gasteiger partial charge in [-0.3, -0.25) is 14.5 Å². The number of carbonyl (C=O) groups excluding carboxylic acids is 2. The van der Waals surface area contributed by atoms with Crippen LogP contribution in [0.1, 0.15) is 37.8 Å². The second kappa shape index (κ2) is 6.93. The summed E-state index contributed by atoms with van der Waals surface area (Å²) in [4.78, 5) is 25.5. The van der Waals surface area contributed by atoms with Gasteiger partial charge in [0.05, 0.1) is 5.25 Å². The third kappa shape index (κ3) is 3.42. The fraction of sp³-hybridized carbons (Fsp3) is 0.500. The van der Waals surface area contributed by atoms with E-state index in [-0.39, 0.29) is 16.4 Å². The Morgan fingerprint density at radius 1 is 1.10 bits per heavy atom. The lowest BCUT2D eigenvalue weighted by Gasteiger charge is -2.13. The quantitative estimate of drug-likeness (QED) is 0.802. The molecule has 0 aliphatic carbocycles. The smallest absolute Gasteiger partial charge is 0.273 e. The van der Waals surface area contributed by atoms with Crippen molar-refractivity contribution >= 4 is 22.9 Å². The average Bonchev–Trinajstić information content (AvgIpc) is 2.72. The van der Waals surface area contributed by atoms with Crippen LogP contribution in [-0.4, -0.2) is 27.8 Å². The summed E-state index contributed by atoms with van der Waals surface area (Å²) in [5.41, 5.74) is 2.41. The molecule has 1 atom stereocenters. The Morgan fingerprint density at radius 3 is 2.35 bits per heavy atom. The van der Waals surface area contributed by atoms with Gasteiger partial charge >= 0.3 is 0 Å². The largest absolute Gasteiger partial charge is 0.289 e. The molecule has 1 aliphatic heterocycles. The molecular formula is C16H21NO2S. The number of amides is 2. The summed E-state index contributed by atoms with van der Waals surface area (Å²) in [7, 11) is 0. The van der Waals surface area contributed by atoms with Crippen LogP contribution in [0, 0.1) is 0 Å². The summed E-state index contributed by atoms with van der Waals surface area (Å²) in [6.07, 6.45) is 3.53. The molecule has 1 heterocycles. The first-order valence-electron chi connectivity index (χ1n) is 7.25. The van der Waals surface area contributed by atoms with Crippen molar-refractivity contribution in [3.05, 3.63) is 35.4 Å². The molecule has 2 rings (SSSR count). The number of hydrogen-bond acceptors (Lipinski definition) is 3. The van der Waals surface area contributed by atoms with Gasteiger partial charge in [-0.2, -0.15) is 0 Å². The molecule has 1 aromatic rings. The van der Waals surface area contributed by atoms with Crippen LogP contribution in [0.2, 0.25) is 0 Å². The summed E-state index contributed by atoms with van der Waals surface area (Å²) in [5.74, 6) is -0.0204. The minimum Gasteiger partial charge on any atom is -0.273 e. The van der Waals surface area contributed by atoms with E-state index < -0.39 is 0 Å². The molecule has 1 aromatic carbocycles. The number of rotatable bonds is 6. The molecular weight excluding hydrogens is 270 g/mol. The zero-order valence-electron chi connectivity index (χ0n) is 12.1. The van der Waals surface area contributed by atoms with Gasteiger partial charge in [-0.05, 0) is 30.4 Å². The van der Waals surface area contributed by atoms with Gasteiger partial charge in [0.2, 0.25) is 5.91 Å². The maximum atomic E-state index is 12.2. The van der Waals surface area contributed by atoms with Crippen molar-refractivity contribution in [1.29, 1.82) is 0 Å². The number of benzene rings is 1. The van der Waals surface area contributed by atoms with Crippen LogP contribution < -0.4 is 0 Å². The molecule has 108 valence electrons. The average molecular weight is 291 g/mol. The standard InChI is InChI=1S/C16H21NO2S/c1-3-5-10-17-15(18)14(20-16(17)19)11-13-8-6-12(4-2)7-9-13/h6-9,14H,3-5,10-11H2,1-2H3/t14-/m0/s1. The van der Waals surface area contributed by atoms with Crippen LogP contribution in [0.5, 0.6) is 0 Å². The van der Waals surface area contributed by atoms with E-state index in [2.05, 4.69) is 38.1 Å². The Kier molecular flexibility index (Phi) is 5.24. The van der Waals surface area contributed by atoms with Crippen LogP contribution in [0.15, 0.2) is 24.3 Å². The van der Waals surface area contributed by atoms with Gasteiger partial charge in [0.1, 0.15) is 0 Å². The summed E-state index contributed by atoms with van der Waals surface area (Å²) in [6, 6.07) is 8.31. The Labute approximate surface area is 124 Å². The van der Waals surface area contributed by atoms with Crippen LogP contribution in [0.25, 0.3) is 0 Å². The monoisotopic (exact) mass is 291 g/mol. The second-order valence-electron chi connectivity index (χ2n) is 5.09. The first-order valence-corrected chi connectivity index (χ1v) is 8.13. The molecule has 0 spiro atoms. The minimum absolute atomic E-state index is 0.0204. The molecule has 1 aliphatic rings. The molecule has 2 amide bonds. The fourth-order valence-corrected chi connectivity index (χ4v) is 3.33. The van der Waals surface area contributed by atoms with Crippen LogP contribution >= 0.6 is 11.8 Å². The van der Waals surface area contributed by atoms with Gasteiger partial charge in [0.15, 0.2) is 0 Å². The number of carbonyl (C=O) groups is 2. The third-order valence-electron chi connectivity index (χ3n) is 3.59. The Bertz CT molecular complexity index is 484. The Balaban J connectivity index is 1.99. The van der Waals surface area contributed by atoms with E-state index >= 15 is 0 Å². The van der Waals surface area contributed by atoms with E-state index in [0.29, 0.717) is 13.0 Å². The number of nitrogens with zero attached hydrogens (tertiary/aromatic N) is 1. The number of unbranched alkanes of at least 4 members (excludes halogenated alkanes) is 1. The second-order valence-corrected chi connectivity index (χ2v) is 6.24. The molecule has 0 N–H and O–H groups in total. The van der Waals surface area contributed by atoms with Crippen molar-refractivity contribution in [3.8, 4) is 0 Å². The van der Waals surface area contributed by atoms with Crippen molar-refractivity contribution in [2.24, 2.45) is 0 Å². The summed E-state index contributed by atoms with van der Waals surface area (Å²) in [5, 5.41) is -0.328. The fourth-order valence-electron chi connectivity index (χ4n) is 2.27. The lowest BCUT2D eigenvalue weighted by atomic mass is 10.1. The van der Waals surface area contributed by atoms with E-state index in [1.807, 2.05) is 0 Å². The highest BCUT2D eigenvalue weighted by atomic mass is 32.2. The Hall–Kier alpha value is -1.29. The summed E-state index contributed by atoms with van der Waals surface area (Å²) in [6.45, 7) is 4.74. The van der Waals surface area contributed by atoms with Gasteiger partial charge in [0.25, 0.3) is 5.24 Å². The van der Waals surface area contributed by atoms with Crippen molar-refractivity contribution < 1.29 is 9.59 Å². The summed E-state index contributed by atoms with van der Waals surface area (Å²) >= 11 is 1.17. The highest BCUT2D eigenvalue weighted by Gasteiger charge is 2.38. The normalized spacial score (nSPS) is 18.9. The molecule has 20 heavy (non-hydrogen) atoms. The maximum absolute atomic E-state index is 12.2. The number of aryl methyl sites for hydroxylation is 1. The highest BCUT2D eigenvalue weighted by Crippen LogP contribution is 2.29. The van der Waals surface area contributed by atoms with E-state index in [1.165, 1.54) is 22.2 Å². The molecule has 1 fully saturated rings. The molecule has 1 saturated heterocycles. The van der Waals surface area contributed by atoms with Gasteiger partial charge in [-0.25, -0.2) is 0 Å². The van der Waals surface area contributed by atoms with Gasteiger partial charge in [-0.1, -0.05) is 56.3 Å². The summed E-state index contributed by atoms with van der Waals surface area (Å²) < 4.78 is 0. The first kappa shape index (κ1) is 15.1. The van der Waals surface area contributed by atoms with E-state index in [9.17, 15) is 9.59 Å². The molecule has 0 bridgehead atoms. The SMILES string of the molecule is CCCCN1C(=O)S[C@@H](Cc2ccc(CC)cc2)C1=O. The molecule has 0 saturated carbocycles. The van der Waals surface area contributed by atoms with E-state index in [4.69, 9.17) is 0 Å². The van der Waals surface area contributed by atoms with Crippen LogP contribution in [0.4, 0.5) is 4.79 Å². The van der Waals surface area contributed by atoms with E-state index in [0.717, 1.165) is 24.8 Å². The van der Waals surface area contributed by atoms with Crippen LogP contribution in [-0.2, 0) is 17.6 Å². The predicted octanol–water partition coefficient (Wildman–Crippen LogP) is 3.66. The topological polar surface area (TPSA) is 37.4 Å². The van der Waals surface area contributed by atoms with Crippen LogP contribution in [0.3, 0.4) is 0 Å². The zero-order valence-corrected chi connectivity index (χ0v) is 12.9. The highest BCUT2D eigenvalue weighted by molar-refractivity contribution is 8.15. The van der Waals surface area contributed by atoms with Gasteiger partial charge in [-0.15, -0.1) is 0 Å². The van der Waals surface area contributed by atoms with E-state index in [1.54, 1.807) is 0 Å². The first-order chi connectivity index (χ1) is 9.65. The Morgan fingerprint density at radius 2 is 1.75 bits per heavy atom. The number of thioether (sulfide) groups is 1.